The molecule has 1 unspecified atom stereocenters. The minimum Gasteiger partial charge on any atom is -0.350 e. The van der Waals surface area contributed by atoms with Crippen LogP contribution in [0, 0.1) is 5.92 Å². The van der Waals surface area contributed by atoms with Crippen molar-refractivity contribution in [3.05, 3.63) is 34.9 Å². The van der Waals surface area contributed by atoms with E-state index in [0.29, 0.717) is 17.4 Å². The normalized spacial score (nSPS) is 20.4. The molecule has 110 valence electrons. The molecule has 1 aromatic carbocycles. The fourth-order valence-electron chi connectivity index (χ4n) is 2.72. The Morgan fingerprint density at radius 2 is 2.30 bits per heavy atom. The van der Waals surface area contributed by atoms with Gasteiger partial charge in [-0.1, -0.05) is 29.8 Å². The Morgan fingerprint density at radius 1 is 1.50 bits per heavy atom. The molecule has 1 fully saturated rings. The summed E-state index contributed by atoms with van der Waals surface area (Å²) in [6.07, 6.45) is 4.03. The van der Waals surface area contributed by atoms with Gasteiger partial charge in [-0.15, -0.1) is 0 Å². The summed E-state index contributed by atoms with van der Waals surface area (Å²) < 4.78 is 0. The Morgan fingerprint density at radius 3 is 3.00 bits per heavy atom. The summed E-state index contributed by atoms with van der Waals surface area (Å²) >= 11 is 6.14. The summed E-state index contributed by atoms with van der Waals surface area (Å²) in [4.78, 5) is 12.0. The summed E-state index contributed by atoms with van der Waals surface area (Å²) in [6, 6.07) is 7.61. The van der Waals surface area contributed by atoms with E-state index in [-0.39, 0.29) is 11.9 Å². The molecule has 0 radical (unpaired) electrons. The number of hydrogen-bond acceptors (Lipinski definition) is 2. The number of hydrogen-bond donors (Lipinski definition) is 2. The molecule has 20 heavy (non-hydrogen) atoms. The van der Waals surface area contributed by atoms with Crippen LogP contribution in [0.15, 0.2) is 24.3 Å². The van der Waals surface area contributed by atoms with E-state index in [9.17, 15) is 4.79 Å². The second-order valence-corrected chi connectivity index (χ2v) is 5.97. The zero-order valence-electron chi connectivity index (χ0n) is 12.0. The van der Waals surface area contributed by atoms with Gasteiger partial charge in [0.15, 0.2) is 0 Å². The summed E-state index contributed by atoms with van der Waals surface area (Å²) in [5.41, 5.74) is 0.974. The largest absolute Gasteiger partial charge is 0.350 e. The van der Waals surface area contributed by atoms with Gasteiger partial charge in [0.1, 0.15) is 0 Å². The molecule has 0 bridgehead atoms. The molecule has 1 aliphatic heterocycles. The lowest BCUT2D eigenvalue weighted by Gasteiger charge is -2.23. The molecule has 1 saturated heterocycles. The van der Waals surface area contributed by atoms with Crippen molar-refractivity contribution in [2.75, 3.05) is 13.1 Å². The molecule has 1 aliphatic rings. The minimum absolute atomic E-state index is 0.0410. The Labute approximate surface area is 126 Å². The van der Waals surface area contributed by atoms with Crippen LogP contribution >= 0.6 is 11.6 Å². The van der Waals surface area contributed by atoms with Gasteiger partial charge in [0.2, 0.25) is 5.91 Å². The fourth-order valence-corrected chi connectivity index (χ4v) is 3.02. The number of piperidine rings is 1. The second-order valence-electron chi connectivity index (χ2n) is 5.56. The van der Waals surface area contributed by atoms with Crippen LogP contribution in [0.2, 0.25) is 5.02 Å². The van der Waals surface area contributed by atoms with Crippen LogP contribution in [0.5, 0.6) is 0 Å². The molecule has 3 nitrogen and oxygen atoms in total. The predicted octanol–water partition coefficient (Wildman–Crippen LogP) is 3.30. The summed E-state index contributed by atoms with van der Waals surface area (Å²) in [7, 11) is 0. The number of nitrogens with one attached hydrogen (secondary N) is 2. The van der Waals surface area contributed by atoms with Crippen LogP contribution in [0.4, 0.5) is 0 Å². The van der Waals surface area contributed by atoms with E-state index in [1.165, 1.54) is 12.8 Å². The maximum atomic E-state index is 12.0. The summed E-state index contributed by atoms with van der Waals surface area (Å²) in [5.74, 6) is 0.758. The highest BCUT2D eigenvalue weighted by molar-refractivity contribution is 6.31. The average molecular weight is 295 g/mol. The summed E-state index contributed by atoms with van der Waals surface area (Å²) in [6.45, 7) is 4.14. The third-order valence-electron chi connectivity index (χ3n) is 3.93. The first kappa shape index (κ1) is 15.3. The van der Waals surface area contributed by atoms with Gasteiger partial charge in [0.25, 0.3) is 0 Å². The average Bonchev–Trinajstić information content (AvgIpc) is 2.46. The van der Waals surface area contributed by atoms with E-state index in [4.69, 9.17) is 11.6 Å². The Bertz CT molecular complexity index is 444. The van der Waals surface area contributed by atoms with Crippen LogP contribution in [0.3, 0.4) is 0 Å². The predicted molar refractivity (Wildman–Crippen MR) is 82.8 cm³/mol. The lowest BCUT2D eigenvalue weighted by Crippen LogP contribution is -2.32. The maximum absolute atomic E-state index is 12.0. The van der Waals surface area contributed by atoms with Crippen molar-refractivity contribution in [2.24, 2.45) is 5.92 Å². The van der Waals surface area contributed by atoms with Crippen LogP contribution < -0.4 is 10.6 Å². The molecule has 4 heteroatoms. The molecule has 0 aromatic heterocycles. The Balaban J connectivity index is 1.77. The van der Waals surface area contributed by atoms with Crippen LogP contribution in [-0.2, 0) is 4.79 Å². The molecule has 0 aliphatic carbocycles. The summed E-state index contributed by atoms with van der Waals surface area (Å²) in [5, 5.41) is 7.12. The van der Waals surface area contributed by atoms with Crippen molar-refractivity contribution in [2.45, 2.75) is 38.6 Å². The first-order valence-corrected chi connectivity index (χ1v) is 7.79. The minimum atomic E-state index is -0.0410. The van der Waals surface area contributed by atoms with Crippen LogP contribution in [-0.4, -0.2) is 19.0 Å². The zero-order valence-corrected chi connectivity index (χ0v) is 12.7. The first-order valence-electron chi connectivity index (χ1n) is 7.41. The van der Waals surface area contributed by atoms with Gasteiger partial charge in [-0.2, -0.15) is 0 Å². The van der Waals surface area contributed by atoms with E-state index in [2.05, 4.69) is 10.6 Å². The number of carbonyl (C=O) groups is 1. The monoisotopic (exact) mass is 294 g/mol. The van der Waals surface area contributed by atoms with Crippen molar-refractivity contribution in [3.63, 3.8) is 0 Å². The fraction of sp³-hybridized carbons (Fsp3) is 0.562. The topological polar surface area (TPSA) is 41.1 Å². The van der Waals surface area contributed by atoms with E-state index in [1.54, 1.807) is 0 Å². The van der Waals surface area contributed by atoms with Crippen molar-refractivity contribution < 1.29 is 4.79 Å². The highest BCUT2D eigenvalue weighted by atomic mass is 35.5. The van der Waals surface area contributed by atoms with Crippen molar-refractivity contribution in [3.8, 4) is 0 Å². The van der Waals surface area contributed by atoms with Gasteiger partial charge in [-0.25, -0.2) is 0 Å². The first-order chi connectivity index (χ1) is 9.66. The quantitative estimate of drug-likeness (QED) is 0.875. The number of amides is 1. The third-order valence-corrected chi connectivity index (χ3v) is 4.27. The van der Waals surface area contributed by atoms with Gasteiger partial charge in [-0.05, 0) is 56.8 Å². The zero-order chi connectivity index (χ0) is 14.4. The highest BCUT2D eigenvalue weighted by Gasteiger charge is 2.16. The van der Waals surface area contributed by atoms with Gasteiger partial charge >= 0.3 is 0 Å². The smallest absolute Gasteiger partial charge is 0.220 e. The number of rotatable bonds is 5. The molecule has 2 atom stereocenters. The van der Waals surface area contributed by atoms with Crippen molar-refractivity contribution >= 4 is 17.5 Å². The van der Waals surface area contributed by atoms with E-state index >= 15 is 0 Å². The number of benzene rings is 1. The van der Waals surface area contributed by atoms with Crippen LogP contribution in [0.1, 0.15) is 44.2 Å². The molecular weight excluding hydrogens is 272 g/mol. The molecule has 1 heterocycles. The van der Waals surface area contributed by atoms with Gasteiger partial charge in [-0.3, -0.25) is 4.79 Å². The van der Waals surface area contributed by atoms with E-state index < -0.39 is 0 Å². The SMILES string of the molecule is C[C@H](NC(=O)CCC1CCCNC1)c1ccccc1Cl. The standard InChI is InChI=1S/C16H23ClN2O/c1-12(14-6-2-3-7-15(14)17)19-16(20)9-8-13-5-4-10-18-11-13/h2-3,6-7,12-13,18H,4-5,8-11H2,1H3,(H,19,20)/t12-,13?/m0/s1. The van der Waals surface area contributed by atoms with E-state index in [0.717, 1.165) is 25.1 Å². The van der Waals surface area contributed by atoms with Gasteiger partial charge in [0, 0.05) is 11.4 Å². The van der Waals surface area contributed by atoms with E-state index in [1.807, 2.05) is 31.2 Å². The Hall–Kier alpha value is -1.06. The third kappa shape index (κ3) is 4.50. The van der Waals surface area contributed by atoms with Crippen molar-refractivity contribution in [1.82, 2.24) is 10.6 Å². The Kier molecular flexibility index (Phi) is 5.86. The molecular formula is C16H23ClN2O. The molecule has 2 rings (SSSR count). The van der Waals surface area contributed by atoms with Crippen molar-refractivity contribution in [1.29, 1.82) is 0 Å². The van der Waals surface area contributed by atoms with Gasteiger partial charge in [0.05, 0.1) is 6.04 Å². The molecule has 1 amide bonds. The molecule has 0 spiro atoms. The maximum Gasteiger partial charge on any atom is 0.220 e. The molecule has 1 aromatic rings. The number of halogens is 1. The number of carbonyl (C=O) groups excluding carboxylic acids is 1. The van der Waals surface area contributed by atoms with Gasteiger partial charge < -0.3 is 10.6 Å². The lowest BCUT2D eigenvalue weighted by molar-refractivity contribution is -0.122. The molecule has 0 saturated carbocycles. The highest BCUT2D eigenvalue weighted by Crippen LogP contribution is 2.22. The van der Waals surface area contributed by atoms with Crippen LogP contribution in [0.25, 0.3) is 0 Å². The lowest BCUT2D eigenvalue weighted by atomic mass is 9.94. The second kappa shape index (κ2) is 7.65. The molecule has 2 N–H and O–H groups in total.